The molecule has 2 aromatic rings. The summed E-state index contributed by atoms with van der Waals surface area (Å²) in [6, 6.07) is 16.5. The zero-order chi connectivity index (χ0) is 20.6. The highest BCUT2D eigenvalue weighted by Gasteiger charge is 2.16. The Morgan fingerprint density at radius 1 is 1.14 bits per heavy atom. The number of anilines is 1. The zero-order valence-electron chi connectivity index (χ0n) is 17.4. The second kappa shape index (κ2) is 10.9. The molecule has 0 unspecified atom stereocenters. The van der Waals surface area contributed by atoms with E-state index in [1.807, 2.05) is 24.3 Å². The molecule has 0 aliphatic carbocycles. The third-order valence-corrected chi connectivity index (χ3v) is 6.90. The molecule has 1 aliphatic heterocycles. The Labute approximate surface area is 184 Å². The number of nitrogens with zero attached hydrogens (tertiary/aromatic N) is 1. The van der Waals surface area contributed by atoms with Crippen LogP contribution in [-0.4, -0.2) is 24.7 Å². The van der Waals surface area contributed by atoms with E-state index < -0.39 is 0 Å². The highest BCUT2D eigenvalue weighted by atomic mass is 35.5. The maximum absolute atomic E-state index is 12.3. The molecule has 1 heterocycles. The first-order valence-corrected chi connectivity index (χ1v) is 11.9. The lowest BCUT2D eigenvalue weighted by atomic mass is 9.98. The summed E-state index contributed by atoms with van der Waals surface area (Å²) in [4.78, 5) is 15.9. The Kier molecular flexibility index (Phi) is 8.31. The molecule has 1 saturated heterocycles. The van der Waals surface area contributed by atoms with E-state index in [1.165, 1.54) is 23.4 Å². The molecule has 5 heteroatoms. The van der Waals surface area contributed by atoms with Crippen molar-refractivity contribution in [1.82, 2.24) is 5.32 Å². The van der Waals surface area contributed by atoms with Gasteiger partial charge < -0.3 is 10.2 Å². The first-order chi connectivity index (χ1) is 14.0. The zero-order valence-corrected chi connectivity index (χ0v) is 18.9. The van der Waals surface area contributed by atoms with Gasteiger partial charge in [-0.05, 0) is 79.8 Å². The predicted molar refractivity (Wildman–Crippen MR) is 125 cm³/mol. The molecule has 0 radical (unpaired) electrons. The topological polar surface area (TPSA) is 32.3 Å². The van der Waals surface area contributed by atoms with Crippen LogP contribution < -0.4 is 10.2 Å². The molecule has 0 bridgehead atoms. The lowest BCUT2D eigenvalue weighted by Crippen LogP contribution is -2.32. The number of benzene rings is 2. The SMILES string of the molecule is CC1CCN(c2ccc([C@@H](C)NC(=O)CCCSc3ccc(Cl)cc3)cc2)CC1. The van der Waals surface area contributed by atoms with Crippen molar-refractivity contribution in [1.29, 1.82) is 0 Å². The van der Waals surface area contributed by atoms with Crippen LogP contribution in [0.25, 0.3) is 0 Å². The van der Waals surface area contributed by atoms with Gasteiger partial charge in [0.2, 0.25) is 5.91 Å². The third-order valence-electron chi connectivity index (χ3n) is 5.55. The largest absolute Gasteiger partial charge is 0.372 e. The molecule has 1 fully saturated rings. The average molecular weight is 431 g/mol. The number of amides is 1. The lowest BCUT2D eigenvalue weighted by molar-refractivity contribution is -0.121. The van der Waals surface area contributed by atoms with Crippen LogP contribution >= 0.6 is 23.4 Å². The molecule has 156 valence electrons. The van der Waals surface area contributed by atoms with Crippen LogP contribution in [0.1, 0.15) is 51.1 Å². The van der Waals surface area contributed by atoms with Gasteiger partial charge in [0.1, 0.15) is 0 Å². The monoisotopic (exact) mass is 430 g/mol. The summed E-state index contributed by atoms with van der Waals surface area (Å²) in [6.45, 7) is 6.67. The van der Waals surface area contributed by atoms with Crippen LogP contribution in [-0.2, 0) is 4.79 Å². The molecule has 0 spiro atoms. The molecule has 1 N–H and O–H groups in total. The Hall–Kier alpha value is -1.65. The summed E-state index contributed by atoms with van der Waals surface area (Å²) in [6.07, 6.45) is 3.95. The summed E-state index contributed by atoms with van der Waals surface area (Å²) in [5.41, 5.74) is 2.45. The number of rotatable bonds is 8. The number of hydrogen-bond donors (Lipinski definition) is 1. The maximum atomic E-state index is 12.3. The Morgan fingerprint density at radius 3 is 2.45 bits per heavy atom. The molecule has 1 aliphatic rings. The number of halogens is 1. The van der Waals surface area contributed by atoms with Gasteiger partial charge in [-0.15, -0.1) is 11.8 Å². The smallest absolute Gasteiger partial charge is 0.220 e. The van der Waals surface area contributed by atoms with Crippen molar-refractivity contribution in [3.8, 4) is 0 Å². The summed E-state index contributed by atoms with van der Waals surface area (Å²) in [5.74, 6) is 1.88. The second-order valence-corrected chi connectivity index (χ2v) is 9.56. The van der Waals surface area contributed by atoms with Gasteiger partial charge in [-0.25, -0.2) is 0 Å². The van der Waals surface area contributed by atoms with Gasteiger partial charge in [-0.3, -0.25) is 4.79 Å². The minimum atomic E-state index is 0.0295. The van der Waals surface area contributed by atoms with E-state index in [4.69, 9.17) is 11.6 Å². The van der Waals surface area contributed by atoms with E-state index in [9.17, 15) is 4.79 Å². The number of carbonyl (C=O) groups is 1. The summed E-state index contributed by atoms with van der Waals surface area (Å²) in [7, 11) is 0. The first kappa shape index (κ1) is 22.0. The molecular weight excluding hydrogens is 400 g/mol. The minimum absolute atomic E-state index is 0.0295. The Bertz CT molecular complexity index is 770. The van der Waals surface area contributed by atoms with Gasteiger partial charge >= 0.3 is 0 Å². The average Bonchev–Trinajstić information content (AvgIpc) is 2.73. The second-order valence-electron chi connectivity index (χ2n) is 7.96. The Balaban J connectivity index is 1.39. The molecule has 1 atom stereocenters. The molecule has 1 amide bonds. The van der Waals surface area contributed by atoms with E-state index in [0.717, 1.165) is 41.8 Å². The van der Waals surface area contributed by atoms with Crippen molar-refractivity contribution in [2.24, 2.45) is 5.92 Å². The lowest BCUT2D eigenvalue weighted by Gasteiger charge is -2.32. The standard InChI is InChI=1S/C24H31ClN2OS/c1-18-13-15-27(16-14-18)22-9-5-20(6-10-22)19(2)26-24(28)4-3-17-29-23-11-7-21(25)8-12-23/h5-12,18-19H,3-4,13-17H2,1-2H3,(H,26,28)/t19-/m1/s1. The number of nitrogens with one attached hydrogen (secondary N) is 1. The number of carbonyl (C=O) groups excluding carboxylic acids is 1. The minimum Gasteiger partial charge on any atom is -0.372 e. The van der Waals surface area contributed by atoms with Gasteiger partial charge in [-0.1, -0.05) is 30.7 Å². The molecule has 0 aromatic heterocycles. The van der Waals surface area contributed by atoms with Crippen molar-refractivity contribution < 1.29 is 4.79 Å². The fraction of sp³-hybridized carbons (Fsp3) is 0.458. The third kappa shape index (κ3) is 6.97. The van der Waals surface area contributed by atoms with Crippen LogP contribution in [0.5, 0.6) is 0 Å². The van der Waals surface area contributed by atoms with Crippen molar-refractivity contribution in [3.63, 3.8) is 0 Å². The van der Waals surface area contributed by atoms with Crippen LogP contribution in [0.4, 0.5) is 5.69 Å². The van der Waals surface area contributed by atoms with Crippen LogP contribution in [0.15, 0.2) is 53.4 Å². The molecule has 3 rings (SSSR count). The summed E-state index contributed by atoms with van der Waals surface area (Å²) in [5, 5.41) is 3.88. The summed E-state index contributed by atoms with van der Waals surface area (Å²) >= 11 is 7.66. The van der Waals surface area contributed by atoms with Gasteiger partial charge in [0.05, 0.1) is 6.04 Å². The van der Waals surface area contributed by atoms with Gasteiger partial charge in [0, 0.05) is 35.1 Å². The van der Waals surface area contributed by atoms with Crippen molar-refractivity contribution in [2.45, 2.75) is 50.5 Å². The maximum Gasteiger partial charge on any atom is 0.220 e. The van der Waals surface area contributed by atoms with Crippen LogP contribution in [0.3, 0.4) is 0 Å². The fourth-order valence-corrected chi connectivity index (χ4v) is 4.57. The fourth-order valence-electron chi connectivity index (χ4n) is 3.59. The Morgan fingerprint density at radius 2 is 1.79 bits per heavy atom. The van der Waals surface area contributed by atoms with Crippen LogP contribution in [0.2, 0.25) is 5.02 Å². The molecular formula is C24H31ClN2OS. The first-order valence-electron chi connectivity index (χ1n) is 10.5. The van der Waals surface area contributed by atoms with Crippen LogP contribution in [0, 0.1) is 5.92 Å². The summed E-state index contributed by atoms with van der Waals surface area (Å²) < 4.78 is 0. The normalized spacial score (nSPS) is 15.9. The predicted octanol–water partition coefficient (Wildman–Crippen LogP) is 6.33. The van der Waals surface area contributed by atoms with E-state index in [-0.39, 0.29) is 11.9 Å². The number of thioether (sulfide) groups is 1. The van der Waals surface area contributed by atoms with Crippen molar-refractivity contribution in [2.75, 3.05) is 23.7 Å². The molecule has 3 nitrogen and oxygen atoms in total. The van der Waals surface area contributed by atoms with Crippen molar-refractivity contribution in [3.05, 3.63) is 59.1 Å². The van der Waals surface area contributed by atoms with Gasteiger partial charge in [-0.2, -0.15) is 0 Å². The number of piperidine rings is 1. The highest BCUT2D eigenvalue weighted by molar-refractivity contribution is 7.99. The number of hydrogen-bond acceptors (Lipinski definition) is 3. The van der Waals surface area contributed by atoms with Gasteiger partial charge in [0.25, 0.3) is 0 Å². The quantitative estimate of drug-likeness (QED) is 0.392. The van der Waals surface area contributed by atoms with E-state index in [0.29, 0.717) is 6.42 Å². The van der Waals surface area contributed by atoms with E-state index in [1.54, 1.807) is 11.8 Å². The molecule has 29 heavy (non-hydrogen) atoms. The molecule has 0 saturated carbocycles. The molecule has 2 aromatic carbocycles. The van der Waals surface area contributed by atoms with E-state index >= 15 is 0 Å². The van der Waals surface area contributed by atoms with E-state index in [2.05, 4.69) is 48.3 Å². The van der Waals surface area contributed by atoms with Gasteiger partial charge in [0.15, 0.2) is 0 Å². The van der Waals surface area contributed by atoms with Crippen molar-refractivity contribution >= 4 is 35.0 Å². The highest BCUT2D eigenvalue weighted by Crippen LogP contribution is 2.25.